The van der Waals surface area contributed by atoms with Gasteiger partial charge in [-0.2, -0.15) is 0 Å². The standard InChI is InChI=1S/C8H17N.C2H6/c1-8-6-4-3-5-7-9(8)2;1-2/h8H,3-7H2,1-2H3;1-2H3. The van der Waals surface area contributed by atoms with Crippen LogP contribution in [0.3, 0.4) is 0 Å². The fourth-order valence-electron chi connectivity index (χ4n) is 1.42. The highest BCUT2D eigenvalue weighted by atomic mass is 15.1. The average molecular weight is 157 g/mol. The van der Waals surface area contributed by atoms with Crippen molar-refractivity contribution in [3.63, 3.8) is 0 Å². The summed E-state index contributed by atoms with van der Waals surface area (Å²) in [5.74, 6) is 0. The Hall–Kier alpha value is -0.0400. The fourth-order valence-corrected chi connectivity index (χ4v) is 1.42. The molecule has 0 aromatic carbocycles. The first-order valence-electron chi connectivity index (χ1n) is 5.01. The van der Waals surface area contributed by atoms with Crippen molar-refractivity contribution in [3.05, 3.63) is 0 Å². The molecule has 68 valence electrons. The Kier molecular flexibility index (Phi) is 6.63. The van der Waals surface area contributed by atoms with Gasteiger partial charge in [-0.15, -0.1) is 0 Å². The third-order valence-electron chi connectivity index (χ3n) is 2.39. The van der Waals surface area contributed by atoms with E-state index in [0.29, 0.717) is 0 Å². The SMILES string of the molecule is CC.CC1CCCCCN1C. The summed E-state index contributed by atoms with van der Waals surface area (Å²) in [6.07, 6.45) is 5.68. The minimum atomic E-state index is 0.826. The molecule has 1 heteroatoms. The van der Waals surface area contributed by atoms with Crippen LogP contribution in [0, 0.1) is 0 Å². The first-order valence-corrected chi connectivity index (χ1v) is 5.01. The Morgan fingerprint density at radius 1 is 1.09 bits per heavy atom. The predicted octanol–water partition coefficient (Wildman–Crippen LogP) is 2.91. The molecular weight excluding hydrogens is 134 g/mol. The Morgan fingerprint density at radius 2 is 1.73 bits per heavy atom. The zero-order valence-corrected chi connectivity index (χ0v) is 8.56. The Bertz CT molecular complexity index is 70.9. The van der Waals surface area contributed by atoms with Gasteiger partial charge in [-0.1, -0.05) is 26.7 Å². The molecule has 0 spiro atoms. The summed E-state index contributed by atoms with van der Waals surface area (Å²) in [5, 5.41) is 0. The van der Waals surface area contributed by atoms with Gasteiger partial charge in [0.1, 0.15) is 0 Å². The van der Waals surface area contributed by atoms with E-state index in [9.17, 15) is 0 Å². The maximum atomic E-state index is 2.47. The molecule has 0 radical (unpaired) electrons. The first-order chi connectivity index (χ1) is 5.30. The Balaban J connectivity index is 0.000000461. The minimum Gasteiger partial charge on any atom is -0.304 e. The Morgan fingerprint density at radius 3 is 2.36 bits per heavy atom. The molecule has 1 nitrogen and oxygen atoms in total. The van der Waals surface area contributed by atoms with Crippen molar-refractivity contribution in [2.45, 2.75) is 52.5 Å². The van der Waals surface area contributed by atoms with E-state index in [1.807, 2.05) is 13.8 Å². The lowest BCUT2D eigenvalue weighted by Gasteiger charge is -2.20. The van der Waals surface area contributed by atoms with E-state index >= 15 is 0 Å². The predicted molar refractivity (Wildman–Crippen MR) is 51.9 cm³/mol. The van der Waals surface area contributed by atoms with Crippen LogP contribution in [0.5, 0.6) is 0 Å². The lowest BCUT2D eigenvalue weighted by atomic mass is 10.1. The van der Waals surface area contributed by atoms with E-state index in [1.165, 1.54) is 32.2 Å². The van der Waals surface area contributed by atoms with Crippen LogP contribution in [0.4, 0.5) is 0 Å². The molecule has 1 unspecified atom stereocenters. The van der Waals surface area contributed by atoms with Gasteiger partial charge in [0.15, 0.2) is 0 Å². The molecule has 0 saturated carbocycles. The number of hydrogen-bond donors (Lipinski definition) is 0. The zero-order chi connectivity index (χ0) is 8.69. The number of rotatable bonds is 0. The van der Waals surface area contributed by atoms with Crippen LogP contribution in [-0.4, -0.2) is 24.5 Å². The van der Waals surface area contributed by atoms with Crippen LogP contribution in [0.15, 0.2) is 0 Å². The van der Waals surface area contributed by atoms with Gasteiger partial charge in [-0.3, -0.25) is 0 Å². The van der Waals surface area contributed by atoms with Crippen molar-refractivity contribution in [2.24, 2.45) is 0 Å². The lowest BCUT2D eigenvalue weighted by Crippen LogP contribution is -2.27. The summed E-state index contributed by atoms with van der Waals surface area (Å²) in [6.45, 7) is 7.63. The molecule has 0 N–H and O–H groups in total. The number of likely N-dealkylation sites (tertiary alicyclic amines) is 1. The van der Waals surface area contributed by atoms with E-state index in [2.05, 4.69) is 18.9 Å². The summed E-state index contributed by atoms with van der Waals surface area (Å²) < 4.78 is 0. The molecule has 1 atom stereocenters. The van der Waals surface area contributed by atoms with E-state index in [1.54, 1.807) is 0 Å². The quantitative estimate of drug-likeness (QED) is 0.522. The molecule has 11 heavy (non-hydrogen) atoms. The van der Waals surface area contributed by atoms with Crippen molar-refractivity contribution in [1.82, 2.24) is 4.90 Å². The molecule has 0 aromatic rings. The third-order valence-corrected chi connectivity index (χ3v) is 2.39. The van der Waals surface area contributed by atoms with Crippen molar-refractivity contribution < 1.29 is 0 Å². The second kappa shape index (κ2) is 6.66. The van der Waals surface area contributed by atoms with Crippen LogP contribution in [0.25, 0.3) is 0 Å². The highest BCUT2D eigenvalue weighted by Crippen LogP contribution is 2.13. The third kappa shape index (κ3) is 4.41. The molecule has 1 aliphatic rings. The second-order valence-electron chi connectivity index (χ2n) is 3.18. The molecule has 1 rings (SSSR count). The van der Waals surface area contributed by atoms with Gasteiger partial charge in [0.05, 0.1) is 0 Å². The number of nitrogens with zero attached hydrogens (tertiary/aromatic N) is 1. The van der Waals surface area contributed by atoms with Crippen molar-refractivity contribution in [1.29, 1.82) is 0 Å². The lowest BCUT2D eigenvalue weighted by molar-refractivity contribution is 0.264. The van der Waals surface area contributed by atoms with Gasteiger partial charge >= 0.3 is 0 Å². The van der Waals surface area contributed by atoms with E-state index in [-0.39, 0.29) is 0 Å². The summed E-state index contributed by atoms with van der Waals surface area (Å²) in [6, 6.07) is 0.826. The second-order valence-corrected chi connectivity index (χ2v) is 3.18. The van der Waals surface area contributed by atoms with Crippen LogP contribution < -0.4 is 0 Å². The van der Waals surface area contributed by atoms with E-state index in [0.717, 1.165) is 6.04 Å². The maximum Gasteiger partial charge on any atom is 0.00638 e. The van der Waals surface area contributed by atoms with Crippen LogP contribution in [0.1, 0.15) is 46.5 Å². The Labute approximate surface area is 71.8 Å². The van der Waals surface area contributed by atoms with Crippen LogP contribution in [-0.2, 0) is 0 Å². The van der Waals surface area contributed by atoms with Gasteiger partial charge in [0.2, 0.25) is 0 Å². The fraction of sp³-hybridized carbons (Fsp3) is 1.00. The van der Waals surface area contributed by atoms with Gasteiger partial charge in [0.25, 0.3) is 0 Å². The smallest absolute Gasteiger partial charge is 0.00638 e. The molecule has 0 aromatic heterocycles. The van der Waals surface area contributed by atoms with E-state index in [4.69, 9.17) is 0 Å². The van der Waals surface area contributed by atoms with Crippen LogP contribution in [0.2, 0.25) is 0 Å². The van der Waals surface area contributed by atoms with Crippen LogP contribution >= 0.6 is 0 Å². The van der Waals surface area contributed by atoms with Gasteiger partial charge in [-0.25, -0.2) is 0 Å². The monoisotopic (exact) mass is 157 g/mol. The molecular formula is C10H23N. The maximum absolute atomic E-state index is 2.47. The molecule has 0 aliphatic carbocycles. The van der Waals surface area contributed by atoms with E-state index < -0.39 is 0 Å². The summed E-state index contributed by atoms with van der Waals surface area (Å²) in [4.78, 5) is 2.47. The molecule has 1 saturated heterocycles. The van der Waals surface area contributed by atoms with Gasteiger partial charge in [-0.05, 0) is 33.4 Å². The molecule has 0 amide bonds. The largest absolute Gasteiger partial charge is 0.304 e. The summed E-state index contributed by atoms with van der Waals surface area (Å²) in [7, 11) is 2.23. The molecule has 0 bridgehead atoms. The zero-order valence-electron chi connectivity index (χ0n) is 8.56. The highest BCUT2D eigenvalue weighted by molar-refractivity contribution is 4.67. The number of hydrogen-bond acceptors (Lipinski definition) is 1. The first kappa shape index (κ1) is 11.0. The van der Waals surface area contributed by atoms with Crippen molar-refractivity contribution in [2.75, 3.05) is 13.6 Å². The normalized spacial score (nSPS) is 26.7. The average Bonchev–Trinajstić information content (AvgIpc) is 2.22. The molecule has 1 aliphatic heterocycles. The highest BCUT2D eigenvalue weighted by Gasteiger charge is 2.11. The van der Waals surface area contributed by atoms with Crippen molar-refractivity contribution in [3.8, 4) is 0 Å². The minimum absolute atomic E-state index is 0.826. The van der Waals surface area contributed by atoms with Gasteiger partial charge in [0, 0.05) is 6.04 Å². The molecule has 1 heterocycles. The molecule has 1 fully saturated rings. The van der Waals surface area contributed by atoms with Crippen molar-refractivity contribution >= 4 is 0 Å². The summed E-state index contributed by atoms with van der Waals surface area (Å²) >= 11 is 0. The van der Waals surface area contributed by atoms with Gasteiger partial charge < -0.3 is 4.90 Å². The topological polar surface area (TPSA) is 3.24 Å². The summed E-state index contributed by atoms with van der Waals surface area (Å²) in [5.41, 5.74) is 0.